The Kier molecular flexibility index (Phi) is 5.11. The average Bonchev–Trinajstić information content (AvgIpc) is 2.30. The van der Waals surface area contributed by atoms with Crippen LogP contribution in [0.5, 0.6) is 0 Å². The van der Waals surface area contributed by atoms with E-state index in [-0.39, 0.29) is 5.91 Å². The molecule has 0 spiro atoms. The van der Waals surface area contributed by atoms with Crippen LogP contribution >= 0.6 is 15.9 Å². The van der Waals surface area contributed by atoms with Gasteiger partial charge in [-0.2, -0.15) is 0 Å². The minimum Gasteiger partial charge on any atom is -0.376 e. The molecule has 0 aliphatic heterocycles. The standard InChI is InChI=1S/C12H17BrN2O2/c1-12(2,11(16)15-14)8-17-7-9-5-3-4-6-10(9)13/h3-6H,7-8,14H2,1-2H3,(H,15,16). The van der Waals surface area contributed by atoms with E-state index in [0.29, 0.717) is 13.2 Å². The summed E-state index contributed by atoms with van der Waals surface area (Å²) >= 11 is 3.44. The summed E-state index contributed by atoms with van der Waals surface area (Å²) in [5.74, 6) is 4.87. The Morgan fingerprint density at radius 3 is 2.71 bits per heavy atom. The summed E-state index contributed by atoms with van der Waals surface area (Å²) in [6, 6.07) is 7.82. The molecule has 0 aliphatic carbocycles. The third-order valence-corrected chi connectivity index (χ3v) is 3.20. The summed E-state index contributed by atoms with van der Waals surface area (Å²) < 4.78 is 6.54. The molecule has 1 aromatic carbocycles. The largest absolute Gasteiger partial charge is 0.376 e. The quantitative estimate of drug-likeness (QED) is 0.496. The molecule has 0 heterocycles. The summed E-state index contributed by atoms with van der Waals surface area (Å²) in [6.45, 7) is 4.35. The number of carbonyl (C=O) groups excluding carboxylic acids is 1. The normalized spacial score (nSPS) is 11.3. The Morgan fingerprint density at radius 2 is 2.12 bits per heavy atom. The zero-order valence-corrected chi connectivity index (χ0v) is 11.6. The molecule has 0 atom stereocenters. The first-order valence-electron chi connectivity index (χ1n) is 5.29. The Labute approximate surface area is 110 Å². The van der Waals surface area contributed by atoms with Gasteiger partial charge in [-0.25, -0.2) is 5.84 Å². The number of carbonyl (C=O) groups is 1. The number of ether oxygens (including phenoxy) is 1. The summed E-state index contributed by atoms with van der Waals surface area (Å²) in [4.78, 5) is 11.4. The summed E-state index contributed by atoms with van der Waals surface area (Å²) in [5, 5.41) is 0. The number of hydrogen-bond donors (Lipinski definition) is 2. The summed E-state index contributed by atoms with van der Waals surface area (Å²) in [7, 11) is 0. The molecule has 5 heteroatoms. The van der Waals surface area contributed by atoms with Crippen molar-refractivity contribution >= 4 is 21.8 Å². The predicted molar refractivity (Wildman–Crippen MR) is 69.9 cm³/mol. The molecule has 3 N–H and O–H groups in total. The number of nitrogens with two attached hydrogens (primary N) is 1. The molecule has 0 saturated carbocycles. The van der Waals surface area contributed by atoms with Gasteiger partial charge in [0.15, 0.2) is 0 Å². The van der Waals surface area contributed by atoms with Crippen LogP contribution in [-0.2, 0) is 16.1 Å². The molecule has 0 aliphatic rings. The first-order valence-corrected chi connectivity index (χ1v) is 6.09. The van der Waals surface area contributed by atoms with Crippen LogP contribution in [0, 0.1) is 5.41 Å². The maximum atomic E-state index is 11.4. The maximum Gasteiger partial charge on any atom is 0.241 e. The van der Waals surface area contributed by atoms with Crippen LogP contribution in [0.3, 0.4) is 0 Å². The SMILES string of the molecule is CC(C)(COCc1ccccc1Br)C(=O)NN. The predicted octanol–water partition coefficient (Wildman–Crippen LogP) is 1.98. The molecule has 0 saturated heterocycles. The lowest BCUT2D eigenvalue weighted by atomic mass is 9.94. The highest BCUT2D eigenvalue weighted by atomic mass is 79.9. The van der Waals surface area contributed by atoms with Gasteiger partial charge in [0.25, 0.3) is 0 Å². The number of hydrazine groups is 1. The van der Waals surface area contributed by atoms with Gasteiger partial charge in [0.1, 0.15) is 0 Å². The van der Waals surface area contributed by atoms with Crippen molar-refractivity contribution in [2.24, 2.45) is 11.3 Å². The second-order valence-corrected chi connectivity index (χ2v) is 5.30. The van der Waals surface area contributed by atoms with E-state index in [1.54, 1.807) is 13.8 Å². The van der Waals surface area contributed by atoms with E-state index in [9.17, 15) is 4.79 Å². The van der Waals surface area contributed by atoms with Gasteiger partial charge in [0, 0.05) is 4.47 Å². The molecule has 1 amide bonds. The lowest BCUT2D eigenvalue weighted by Crippen LogP contribution is -2.43. The topological polar surface area (TPSA) is 64.3 Å². The third-order valence-electron chi connectivity index (χ3n) is 2.42. The molecule has 0 aromatic heterocycles. The van der Waals surface area contributed by atoms with E-state index in [1.165, 1.54) is 0 Å². The van der Waals surface area contributed by atoms with Gasteiger partial charge in [-0.05, 0) is 25.5 Å². The van der Waals surface area contributed by atoms with Gasteiger partial charge in [0.2, 0.25) is 5.91 Å². The van der Waals surface area contributed by atoms with E-state index in [4.69, 9.17) is 10.6 Å². The number of benzene rings is 1. The van der Waals surface area contributed by atoms with Gasteiger partial charge in [-0.15, -0.1) is 0 Å². The van der Waals surface area contributed by atoms with Gasteiger partial charge >= 0.3 is 0 Å². The lowest BCUT2D eigenvalue weighted by Gasteiger charge is -2.22. The van der Waals surface area contributed by atoms with Crippen molar-refractivity contribution in [3.63, 3.8) is 0 Å². The fourth-order valence-corrected chi connectivity index (χ4v) is 1.69. The first kappa shape index (κ1) is 14.2. The van der Waals surface area contributed by atoms with Crippen LogP contribution in [0.15, 0.2) is 28.7 Å². The molecule has 1 rings (SSSR count). The average molecular weight is 301 g/mol. The van der Waals surface area contributed by atoms with E-state index >= 15 is 0 Å². The minimum absolute atomic E-state index is 0.232. The van der Waals surface area contributed by atoms with E-state index in [1.807, 2.05) is 24.3 Å². The molecule has 1 aromatic rings. The number of nitrogens with one attached hydrogen (secondary N) is 1. The van der Waals surface area contributed by atoms with Crippen molar-refractivity contribution < 1.29 is 9.53 Å². The van der Waals surface area contributed by atoms with Gasteiger partial charge in [0.05, 0.1) is 18.6 Å². The monoisotopic (exact) mass is 300 g/mol. The van der Waals surface area contributed by atoms with Crippen molar-refractivity contribution in [3.8, 4) is 0 Å². The van der Waals surface area contributed by atoms with Gasteiger partial charge in [-0.1, -0.05) is 34.1 Å². The molecule has 4 nitrogen and oxygen atoms in total. The summed E-state index contributed by atoms with van der Waals surface area (Å²) in [6.07, 6.45) is 0. The Morgan fingerprint density at radius 1 is 1.47 bits per heavy atom. The van der Waals surface area contributed by atoms with E-state index < -0.39 is 5.41 Å². The fraction of sp³-hybridized carbons (Fsp3) is 0.417. The number of rotatable bonds is 5. The second-order valence-electron chi connectivity index (χ2n) is 4.44. The number of halogens is 1. The summed E-state index contributed by atoms with van der Waals surface area (Å²) in [5.41, 5.74) is 2.56. The molecular formula is C12H17BrN2O2. The van der Waals surface area contributed by atoms with Crippen LogP contribution in [0.1, 0.15) is 19.4 Å². The van der Waals surface area contributed by atoms with Crippen LogP contribution in [0.2, 0.25) is 0 Å². The lowest BCUT2D eigenvalue weighted by molar-refractivity contribution is -0.132. The van der Waals surface area contributed by atoms with Gasteiger partial charge < -0.3 is 4.74 Å². The highest BCUT2D eigenvalue weighted by Crippen LogP contribution is 2.19. The zero-order valence-electron chi connectivity index (χ0n) is 10.00. The van der Waals surface area contributed by atoms with Crippen molar-refractivity contribution in [2.45, 2.75) is 20.5 Å². The van der Waals surface area contributed by atoms with Crippen LogP contribution in [-0.4, -0.2) is 12.5 Å². The van der Waals surface area contributed by atoms with Crippen LogP contribution in [0.4, 0.5) is 0 Å². The third kappa shape index (κ3) is 4.11. The molecule has 0 fully saturated rings. The van der Waals surface area contributed by atoms with E-state index in [2.05, 4.69) is 21.4 Å². The van der Waals surface area contributed by atoms with Crippen molar-refractivity contribution in [1.82, 2.24) is 5.43 Å². The number of amides is 1. The zero-order chi connectivity index (χ0) is 12.9. The Hall–Kier alpha value is -0.910. The van der Waals surface area contributed by atoms with Crippen LogP contribution < -0.4 is 11.3 Å². The molecule has 17 heavy (non-hydrogen) atoms. The van der Waals surface area contributed by atoms with E-state index in [0.717, 1.165) is 10.0 Å². The van der Waals surface area contributed by atoms with Crippen molar-refractivity contribution in [3.05, 3.63) is 34.3 Å². The molecule has 0 bridgehead atoms. The minimum atomic E-state index is -0.629. The molecule has 0 unspecified atom stereocenters. The fourth-order valence-electron chi connectivity index (χ4n) is 1.29. The number of hydrogen-bond acceptors (Lipinski definition) is 3. The molecule has 0 radical (unpaired) electrons. The van der Waals surface area contributed by atoms with Crippen molar-refractivity contribution in [1.29, 1.82) is 0 Å². The second kappa shape index (κ2) is 6.14. The highest BCUT2D eigenvalue weighted by molar-refractivity contribution is 9.10. The van der Waals surface area contributed by atoms with Crippen LogP contribution in [0.25, 0.3) is 0 Å². The Bertz CT molecular complexity index is 394. The molecule has 94 valence electrons. The smallest absolute Gasteiger partial charge is 0.241 e. The molecular weight excluding hydrogens is 284 g/mol. The first-order chi connectivity index (χ1) is 7.97. The maximum absolute atomic E-state index is 11.4. The van der Waals surface area contributed by atoms with Crippen molar-refractivity contribution in [2.75, 3.05) is 6.61 Å². The highest BCUT2D eigenvalue weighted by Gasteiger charge is 2.27. The Balaban J connectivity index is 2.48. The van der Waals surface area contributed by atoms with Gasteiger partial charge in [-0.3, -0.25) is 10.2 Å².